The van der Waals surface area contributed by atoms with Gasteiger partial charge in [-0.05, 0) is 31.1 Å². The molecule has 1 heterocycles. The molecule has 2 N–H and O–H groups in total. The second kappa shape index (κ2) is 5.29. The number of carbonyl (C=O) groups is 1. The van der Waals surface area contributed by atoms with E-state index in [1.807, 2.05) is 0 Å². The summed E-state index contributed by atoms with van der Waals surface area (Å²) in [4.78, 5) is 16.7. The molecule has 0 aromatic heterocycles. The molecule has 102 valence electrons. The van der Waals surface area contributed by atoms with E-state index in [0.29, 0.717) is 11.9 Å². The SMILES string of the molecule is CC(C)CN=C1NC(=O)C2(CCCC(C)CC2)N1. The predicted octanol–water partition coefficient (Wildman–Crippen LogP) is 2.06. The Morgan fingerprint density at radius 2 is 2.17 bits per heavy atom. The fraction of sp³-hybridized carbons (Fsp3) is 0.857. The summed E-state index contributed by atoms with van der Waals surface area (Å²) in [7, 11) is 0. The molecule has 1 aliphatic carbocycles. The maximum absolute atomic E-state index is 12.2. The summed E-state index contributed by atoms with van der Waals surface area (Å²) in [5.74, 6) is 2.06. The molecule has 1 saturated heterocycles. The fourth-order valence-corrected chi connectivity index (χ4v) is 2.76. The average Bonchev–Trinajstić information content (AvgIpc) is 2.48. The molecule has 1 saturated carbocycles. The van der Waals surface area contributed by atoms with Crippen LogP contribution in [-0.2, 0) is 4.79 Å². The van der Waals surface area contributed by atoms with E-state index in [4.69, 9.17) is 0 Å². The lowest BCUT2D eigenvalue weighted by Crippen LogP contribution is -2.46. The average molecular weight is 251 g/mol. The standard InChI is InChI=1S/C14H25N3O/c1-10(2)9-15-13-16-12(18)14(17-13)7-4-5-11(3)6-8-14/h10-11H,4-9H2,1-3H3,(H2,15,16,17,18). The van der Waals surface area contributed by atoms with E-state index >= 15 is 0 Å². The van der Waals surface area contributed by atoms with Crippen LogP contribution in [0.4, 0.5) is 0 Å². The molecule has 18 heavy (non-hydrogen) atoms. The third-order valence-electron chi connectivity index (χ3n) is 4.00. The first kappa shape index (κ1) is 13.4. The second-order valence-corrected chi connectivity index (χ2v) is 6.28. The van der Waals surface area contributed by atoms with Crippen molar-refractivity contribution in [2.24, 2.45) is 16.8 Å². The van der Waals surface area contributed by atoms with Gasteiger partial charge in [0, 0.05) is 6.54 Å². The Labute approximate surface area is 110 Å². The molecule has 2 unspecified atom stereocenters. The number of nitrogens with zero attached hydrogens (tertiary/aromatic N) is 1. The topological polar surface area (TPSA) is 53.5 Å². The third kappa shape index (κ3) is 2.85. The van der Waals surface area contributed by atoms with Gasteiger partial charge in [0.2, 0.25) is 0 Å². The molecule has 2 atom stereocenters. The molecule has 0 bridgehead atoms. The number of aliphatic imine (C=N–C) groups is 1. The van der Waals surface area contributed by atoms with Crippen LogP contribution in [0.15, 0.2) is 4.99 Å². The molecule has 2 fully saturated rings. The first-order valence-electron chi connectivity index (χ1n) is 7.16. The smallest absolute Gasteiger partial charge is 0.252 e. The van der Waals surface area contributed by atoms with Crippen LogP contribution in [0.25, 0.3) is 0 Å². The van der Waals surface area contributed by atoms with Gasteiger partial charge in [-0.1, -0.05) is 33.6 Å². The maximum Gasteiger partial charge on any atom is 0.252 e. The van der Waals surface area contributed by atoms with Gasteiger partial charge in [-0.15, -0.1) is 0 Å². The molecular weight excluding hydrogens is 226 g/mol. The zero-order valence-corrected chi connectivity index (χ0v) is 11.8. The Morgan fingerprint density at radius 1 is 1.39 bits per heavy atom. The minimum atomic E-state index is -0.374. The molecule has 0 aromatic rings. The van der Waals surface area contributed by atoms with Crippen molar-refractivity contribution >= 4 is 11.9 Å². The van der Waals surface area contributed by atoms with Gasteiger partial charge >= 0.3 is 0 Å². The lowest BCUT2D eigenvalue weighted by Gasteiger charge is -2.24. The van der Waals surface area contributed by atoms with Gasteiger partial charge in [-0.2, -0.15) is 0 Å². The van der Waals surface area contributed by atoms with Crippen LogP contribution in [0, 0.1) is 11.8 Å². The van der Waals surface area contributed by atoms with Crippen LogP contribution in [0.3, 0.4) is 0 Å². The number of guanidine groups is 1. The van der Waals surface area contributed by atoms with Crippen molar-refractivity contribution < 1.29 is 4.79 Å². The van der Waals surface area contributed by atoms with E-state index in [1.54, 1.807) is 0 Å². The Hall–Kier alpha value is -1.06. The highest BCUT2D eigenvalue weighted by Gasteiger charge is 2.45. The van der Waals surface area contributed by atoms with Gasteiger partial charge in [0.1, 0.15) is 5.54 Å². The summed E-state index contributed by atoms with van der Waals surface area (Å²) in [6, 6.07) is 0. The van der Waals surface area contributed by atoms with Crippen molar-refractivity contribution in [2.45, 2.75) is 58.4 Å². The number of hydrogen-bond donors (Lipinski definition) is 2. The molecule has 2 rings (SSSR count). The number of nitrogens with one attached hydrogen (secondary N) is 2. The highest BCUT2D eigenvalue weighted by molar-refractivity contribution is 6.09. The van der Waals surface area contributed by atoms with Gasteiger partial charge in [-0.25, -0.2) is 0 Å². The molecular formula is C14H25N3O. The summed E-state index contributed by atoms with van der Waals surface area (Å²) in [5.41, 5.74) is -0.374. The summed E-state index contributed by atoms with van der Waals surface area (Å²) < 4.78 is 0. The molecule has 0 aromatic carbocycles. The lowest BCUT2D eigenvalue weighted by atomic mass is 9.90. The molecule has 2 aliphatic rings. The van der Waals surface area contributed by atoms with Crippen LogP contribution in [0.2, 0.25) is 0 Å². The van der Waals surface area contributed by atoms with Crippen LogP contribution in [0.1, 0.15) is 52.9 Å². The number of hydrogen-bond acceptors (Lipinski definition) is 2. The Bertz CT molecular complexity index is 351. The predicted molar refractivity (Wildman–Crippen MR) is 73.4 cm³/mol. The Morgan fingerprint density at radius 3 is 2.89 bits per heavy atom. The van der Waals surface area contributed by atoms with Gasteiger partial charge in [-0.3, -0.25) is 15.1 Å². The number of amides is 1. The number of rotatable bonds is 2. The van der Waals surface area contributed by atoms with Gasteiger partial charge in [0.25, 0.3) is 5.91 Å². The van der Waals surface area contributed by atoms with Crippen molar-refractivity contribution in [1.82, 2.24) is 10.6 Å². The Balaban J connectivity index is 2.05. The second-order valence-electron chi connectivity index (χ2n) is 6.28. The van der Waals surface area contributed by atoms with Crippen molar-refractivity contribution in [3.05, 3.63) is 0 Å². The van der Waals surface area contributed by atoms with E-state index in [9.17, 15) is 4.79 Å². The molecule has 4 heteroatoms. The van der Waals surface area contributed by atoms with Gasteiger partial charge in [0.05, 0.1) is 0 Å². The highest BCUT2D eigenvalue weighted by Crippen LogP contribution is 2.32. The molecule has 1 aliphatic heterocycles. The molecule has 1 spiro atoms. The molecule has 1 amide bonds. The summed E-state index contributed by atoms with van der Waals surface area (Å²) in [6.07, 6.45) is 5.34. The van der Waals surface area contributed by atoms with Crippen molar-refractivity contribution in [3.63, 3.8) is 0 Å². The third-order valence-corrected chi connectivity index (χ3v) is 4.00. The van der Waals surface area contributed by atoms with Crippen molar-refractivity contribution in [1.29, 1.82) is 0 Å². The van der Waals surface area contributed by atoms with E-state index in [1.165, 1.54) is 6.42 Å². The minimum Gasteiger partial charge on any atom is -0.342 e. The molecule has 0 radical (unpaired) electrons. The quantitative estimate of drug-likeness (QED) is 0.789. The van der Waals surface area contributed by atoms with E-state index in [-0.39, 0.29) is 11.4 Å². The van der Waals surface area contributed by atoms with Crippen molar-refractivity contribution in [2.75, 3.05) is 6.54 Å². The van der Waals surface area contributed by atoms with Crippen molar-refractivity contribution in [3.8, 4) is 0 Å². The molecule has 4 nitrogen and oxygen atoms in total. The van der Waals surface area contributed by atoms with Crippen LogP contribution >= 0.6 is 0 Å². The normalized spacial score (nSPS) is 34.8. The first-order chi connectivity index (χ1) is 8.52. The fourth-order valence-electron chi connectivity index (χ4n) is 2.76. The minimum absolute atomic E-state index is 0.124. The first-order valence-corrected chi connectivity index (χ1v) is 7.16. The zero-order chi connectivity index (χ0) is 13.2. The zero-order valence-electron chi connectivity index (χ0n) is 11.8. The largest absolute Gasteiger partial charge is 0.342 e. The van der Waals surface area contributed by atoms with Crippen LogP contribution in [0.5, 0.6) is 0 Å². The van der Waals surface area contributed by atoms with Gasteiger partial charge < -0.3 is 5.32 Å². The summed E-state index contributed by atoms with van der Waals surface area (Å²) in [6.45, 7) is 7.29. The highest BCUT2D eigenvalue weighted by atomic mass is 16.2. The van der Waals surface area contributed by atoms with E-state index in [0.717, 1.165) is 38.1 Å². The monoisotopic (exact) mass is 251 g/mol. The Kier molecular flexibility index (Phi) is 3.93. The maximum atomic E-state index is 12.2. The van der Waals surface area contributed by atoms with E-state index in [2.05, 4.69) is 36.4 Å². The van der Waals surface area contributed by atoms with Crippen LogP contribution < -0.4 is 10.6 Å². The van der Waals surface area contributed by atoms with Gasteiger partial charge in [0.15, 0.2) is 5.96 Å². The number of carbonyl (C=O) groups excluding carboxylic acids is 1. The summed E-state index contributed by atoms with van der Waals surface area (Å²) in [5, 5.41) is 6.27. The lowest BCUT2D eigenvalue weighted by molar-refractivity contribution is -0.124. The summed E-state index contributed by atoms with van der Waals surface area (Å²) >= 11 is 0. The van der Waals surface area contributed by atoms with Crippen LogP contribution in [-0.4, -0.2) is 24.0 Å². The van der Waals surface area contributed by atoms with E-state index < -0.39 is 0 Å².